The standard InChI is InChI=1S/C8H12N2O4/c1-8(4-5(11)12)6(13)9(2)7(14)10(8)3/h4H2,1-3H3,(H,11,12). The van der Waals surface area contributed by atoms with Crippen molar-refractivity contribution in [3.8, 4) is 0 Å². The van der Waals surface area contributed by atoms with Crippen LogP contribution in [0.5, 0.6) is 0 Å². The molecule has 1 aliphatic rings. The highest BCUT2D eigenvalue weighted by atomic mass is 16.4. The second-order valence-corrected chi connectivity index (χ2v) is 3.55. The molecule has 0 spiro atoms. The fraction of sp³-hybridized carbons (Fsp3) is 0.625. The zero-order valence-corrected chi connectivity index (χ0v) is 8.27. The summed E-state index contributed by atoms with van der Waals surface area (Å²) in [6.07, 6.45) is -0.377. The molecule has 0 aliphatic carbocycles. The van der Waals surface area contributed by atoms with E-state index in [0.717, 1.165) is 9.80 Å². The Morgan fingerprint density at radius 1 is 1.43 bits per heavy atom. The van der Waals surface area contributed by atoms with Crippen molar-refractivity contribution in [1.82, 2.24) is 9.80 Å². The maximum absolute atomic E-state index is 11.6. The zero-order chi connectivity index (χ0) is 11.1. The summed E-state index contributed by atoms with van der Waals surface area (Å²) in [5.74, 6) is -1.58. The van der Waals surface area contributed by atoms with E-state index in [9.17, 15) is 14.4 Å². The Labute approximate surface area is 81.1 Å². The maximum Gasteiger partial charge on any atom is 0.327 e. The van der Waals surface area contributed by atoms with Gasteiger partial charge in [-0.3, -0.25) is 14.5 Å². The largest absolute Gasteiger partial charge is 0.481 e. The molecule has 1 unspecified atom stereocenters. The lowest BCUT2D eigenvalue weighted by atomic mass is 9.97. The summed E-state index contributed by atoms with van der Waals surface area (Å²) in [6, 6.07) is -0.473. The van der Waals surface area contributed by atoms with Gasteiger partial charge in [-0.25, -0.2) is 4.79 Å². The van der Waals surface area contributed by atoms with Crippen LogP contribution in [0.1, 0.15) is 13.3 Å². The average Bonchev–Trinajstić information content (AvgIpc) is 2.21. The number of rotatable bonds is 2. The second-order valence-electron chi connectivity index (χ2n) is 3.55. The van der Waals surface area contributed by atoms with Crippen molar-refractivity contribution < 1.29 is 19.5 Å². The van der Waals surface area contributed by atoms with E-state index in [1.165, 1.54) is 21.0 Å². The first-order valence-electron chi connectivity index (χ1n) is 4.08. The van der Waals surface area contributed by atoms with Gasteiger partial charge in [0, 0.05) is 14.1 Å². The van der Waals surface area contributed by atoms with Crippen LogP contribution in [-0.4, -0.2) is 52.4 Å². The number of hydrogen-bond acceptors (Lipinski definition) is 3. The summed E-state index contributed by atoms with van der Waals surface area (Å²) in [7, 11) is 2.76. The molecule has 1 fully saturated rings. The predicted molar refractivity (Wildman–Crippen MR) is 46.6 cm³/mol. The molecule has 0 aromatic carbocycles. The molecule has 0 bridgehead atoms. The van der Waals surface area contributed by atoms with Crippen molar-refractivity contribution in [2.75, 3.05) is 14.1 Å². The third-order valence-electron chi connectivity index (χ3n) is 2.57. The molecular weight excluding hydrogens is 188 g/mol. The van der Waals surface area contributed by atoms with Crippen molar-refractivity contribution in [3.05, 3.63) is 0 Å². The van der Waals surface area contributed by atoms with Crippen molar-refractivity contribution in [3.63, 3.8) is 0 Å². The molecule has 78 valence electrons. The van der Waals surface area contributed by atoms with Crippen LogP contribution in [-0.2, 0) is 9.59 Å². The number of likely N-dealkylation sites (N-methyl/N-ethyl adjacent to an activating group) is 2. The Kier molecular flexibility index (Phi) is 2.22. The van der Waals surface area contributed by atoms with Crippen LogP contribution in [0.15, 0.2) is 0 Å². The van der Waals surface area contributed by atoms with Gasteiger partial charge in [-0.1, -0.05) is 0 Å². The average molecular weight is 200 g/mol. The summed E-state index contributed by atoms with van der Waals surface area (Å²) in [5, 5.41) is 8.64. The molecule has 1 N–H and O–H groups in total. The van der Waals surface area contributed by atoms with E-state index in [4.69, 9.17) is 5.11 Å². The Hall–Kier alpha value is -1.59. The minimum atomic E-state index is -1.25. The maximum atomic E-state index is 11.6. The Morgan fingerprint density at radius 2 is 1.93 bits per heavy atom. The highest BCUT2D eigenvalue weighted by Crippen LogP contribution is 2.28. The monoisotopic (exact) mass is 200 g/mol. The Balaban J connectivity index is 3.04. The van der Waals surface area contributed by atoms with E-state index in [0.29, 0.717) is 0 Å². The number of aliphatic carboxylic acids is 1. The fourth-order valence-electron chi connectivity index (χ4n) is 1.52. The van der Waals surface area contributed by atoms with Gasteiger partial charge in [-0.2, -0.15) is 0 Å². The van der Waals surface area contributed by atoms with E-state index < -0.39 is 23.4 Å². The number of carbonyl (C=O) groups excluding carboxylic acids is 2. The fourth-order valence-corrected chi connectivity index (χ4v) is 1.52. The van der Waals surface area contributed by atoms with Gasteiger partial charge in [-0.15, -0.1) is 0 Å². The number of hydrogen-bond donors (Lipinski definition) is 1. The molecule has 6 heteroatoms. The van der Waals surface area contributed by atoms with Gasteiger partial charge in [0.25, 0.3) is 5.91 Å². The van der Waals surface area contributed by atoms with Crippen LogP contribution in [0.3, 0.4) is 0 Å². The Morgan fingerprint density at radius 3 is 2.21 bits per heavy atom. The first-order valence-corrected chi connectivity index (χ1v) is 4.08. The van der Waals surface area contributed by atoms with Gasteiger partial charge in [0.15, 0.2) is 0 Å². The van der Waals surface area contributed by atoms with Crippen LogP contribution in [0, 0.1) is 0 Å². The molecule has 6 nitrogen and oxygen atoms in total. The lowest BCUT2D eigenvalue weighted by molar-refractivity contribution is -0.144. The summed E-state index contributed by atoms with van der Waals surface area (Å²) < 4.78 is 0. The smallest absolute Gasteiger partial charge is 0.327 e. The third kappa shape index (κ3) is 1.23. The first kappa shape index (κ1) is 10.5. The highest BCUT2D eigenvalue weighted by Gasteiger charge is 2.52. The summed E-state index contributed by atoms with van der Waals surface area (Å²) in [4.78, 5) is 35.6. The van der Waals surface area contributed by atoms with E-state index in [2.05, 4.69) is 0 Å². The lowest BCUT2D eigenvalue weighted by Gasteiger charge is -2.26. The third-order valence-corrected chi connectivity index (χ3v) is 2.57. The molecule has 1 aliphatic heterocycles. The van der Waals surface area contributed by atoms with Gasteiger partial charge in [-0.05, 0) is 6.92 Å². The van der Waals surface area contributed by atoms with Crippen molar-refractivity contribution in [2.45, 2.75) is 18.9 Å². The van der Waals surface area contributed by atoms with E-state index in [1.807, 2.05) is 0 Å². The second kappa shape index (κ2) is 2.97. The first-order chi connectivity index (χ1) is 6.30. The lowest BCUT2D eigenvalue weighted by Crippen LogP contribution is -2.46. The number of urea groups is 1. The van der Waals surface area contributed by atoms with Crippen LogP contribution in [0.2, 0.25) is 0 Å². The molecular formula is C8H12N2O4. The normalized spacial score (nSPS) is 27.4. The van der Waals surface area contributed by atoms with Crippen LogP contribution < -0.4 is 0 Å². The van der Waals surface area contributed by atoms with Gasteiger partial charge >= 0.3 is 12.0 Å². The van der Waals surface area contributed by atoms with Crippen molar-refractivity contribution >= 4 is 17.9 Å². The molecule has 0 aromatic rings. The number of imide groups is 1. The van der Waals surface area contributed by atoms with Gasteiger partial charge < -0.3 is 10.0 Å². The molecule has 0 aromatic heterocycles. The number of carboxylic acid groups (broad SMARTS) is 1. The molecule has 1 saturated heterocycles. The molecule has 14 heavy (non-hydrogen) atoms. The van der Waals surface area contributed by atoms with Gasteiger partial charge in [0.05, 0.1) is 6.42 Å². The number of carboxylic acids is 1. The van der Waals surface area contributed by atoms with Crippen LogP contribution in [0.4, 0.5) is 4.79 Å². The topological polar surface area (TPSA) is 77.9 Å². The van der Waals surface area contributed by atoms with E-state index in [1.54, 1.807) is 0 Å². The molecule has 1 atom stereocenters. The van der Waals surface area contributed by atoms with E-state index in [-0.39, 0.29) is 6.42 Å². The van der Waals surface area contributed by atoms with Gasteiger partial charge in [0.1, 0.15) is 5.54 Å². The summed E-state index contributed by atoms with van der Waals surface area (Å²) in [5.41, 5.74) is -1.25. The van der Waals surface area contributed by atoms with Crippen molar-refractivity contribution in [2.24, 2.45) is 0 Å². The SMILES string of the molecule is CN1C(=O)N(C)C(C)(CC(=O)O)C1=O. The number of carbonyl (C=O) groups is 3. The predicted octanol–water partition coefficient (Wildman–Crippen LogP) is -0.256. The molecule has 0 radical (unpaired) electrons. The van der Waals surface area contributed by atoms with Crippen LogP contribution >= 0.6 is 0 Å². The van der Waals surface area contributed by atoms with E-state index >= 15 is 0 Å². The molecule has 1 rings (SSSR count). The quantitative estimate of drug-likeness (QED) is 0.623. The summed E-state index contributed by atoms with van der Waals surface area (Å²) >= 11 is 0. The van der Waals surface area contributed by atoms with Crippen LogP contribution in [0.25, 0.3) is 0 Å². The summed E-state index contributed by atoms with van der Waals surface area (Å²) in [6.45, 7) is 1.45. The highest BCUT2D eigenvalue weighted by molar-refractivity contribution is 6.07. The zero-order valence-electron chi connectivity index (χ0n) is 8.27. The van der Waals surface area contributed by atoms with Gasteiger partial charge in [0.2, 0.25) is 0 Å². The molecule has 1 heterocycles. The van der Waals surface area contributed by atoms with Crippen molar-refractivity contribution in [1.29, 1.82) is 0 Å². The molecule has 0 saturated carbocycles. The molecule has 3 amide bonds. The Bertz CT molecular complexity index is 314. The minimum Gasteiger partial charge on any atom is -0.481 e. The number of amides is 3. The number of nitrogens with zero attached hydrogens (tertiary/aromatic N) is 2. The minimum absolute atomic E-state index is 0.377.